The molecule has 0 unspecified atom stereocenters. The summed E-state index contributed by atoms with van der Waals surface area (Å²) in [7, 11) is 0. The van der Waals surface area contributed by atoms with Gasteiger partial charge >= 0.3 is 0 Å². The molecule has 0 aliphatic carbocycles. The van der Waals surface area contributed by atoms with Gasteiger partial charge in [0.2, 0.25) is 0 Å². The van der Waals surface area contributed by atoms with Crippen LogP contribution >= 0.6 is 15.9 Å². The van der Waals surface area contributed by atoms with E-state index < -0.39 is 0 Å². The van der Waals surface area contributed by atoms with Crippen LogP contribution in [0.1, 0.15) is 0 Å². The van der Waals surface area contributed by atoms with Crippen LogP contribution in [0.2, 0.25) is 0 Å². The monoisotopic (exact) mass is 243 g/mol. The van der Waals surface area contributed by atoms with E-state index in [9.17, 15) is 0 Å². The number of hydrogen-bond acceptors (Lipinski definition) is 3. The fourth-order valence-electron chi connectivity index (χ4n) is 1.23. The fourth-order valence-corrected chi connectivity index (χ4v) is 1.55. The molecule has 2 rings (SSSR count). The molecule has 1 heterocycles. The van der Waals surface area contributed by atoms with Crippen molar-refractivity contribution in [1.82, 2.24) is 0 Å². The predicted octanol–water partition coefficient (Wildman–Crippen LogP) is 2.22. The van der Waals surface area contributed by atoms with Crippen LogP contribution in [-0.4, -0.2) is 18.7 Å². The van der Waals surface area contributed by atoms with Crippen molar-refractivity contribution in [3.05, 3.63) is 18.2 Å². The van der Waals surface area contributed by atoms with Crippen molar-refractivity contribution >= 4 is 21.6 Å². The number of rotatable bonds is 2. The first-order valence-corrected chi connectivity index (χ1v) is 5.22. The summed E-state index contributed by atoms with van der Waals surface area (Å²) in [5.74, 6) is 1.64. The molecule has 0 saturated heterocycles. The largest absolute Gasteiger partial charge is 0.486 e. The normalized spacial score (nSPS) is 13.9. The van der Waals surface area contributed by atoms with Crippen LogP contribution in [0.3, 0.4) is 0 Å². The number of hydrogen-bond donors (Lipinski definition) is 1. The minimum Gasteiger partial charge on any atom is -0.486 e. The topological polar surface area (TPSA) is 30.5 Å². The summed E-state index contributed by atoms with van der Waals surface area (Å²) in [6, 6.07) is 5.82. The van der Waals surface area contributed by atoms with E-state index in [1.165, 1.54) is 0 Å². The number of alkyl halides is 1. The molecule has 0 fully saturated rings. The third-order valence-electron chi connectivity index (χ3n) is 1.81. The minimum atomic E-state index is 0.630. The second-order valence-corrected chi connectivity index (χ2v) is 3.23. The summed E-state index contributed by atoms with van der Waals surface area (Å²) in [6.07, 6.45) is 0. The van der Waals surface area contributed by atoms with Crippen LogP contribution in [0.4, 0.5) is 5.69 Å². The Kier molecular flexibility index (Phi) is 2.59. The summed E-state index contributed by atoms with van der Waals surface area (Å²) in [4.78, 5) is 0. The molecule has 0 saturated carbocycles. The second-order valence-electron chi connectivity index (χ2n) is 2.67. The molecular formula is C9H10BrNO2. The first-order chi connectivity index (χ1) is 6.40. The van der Waals surface area contributed by atoms with Gasteiger partial charge in [-0.15, -0.1) is 0 Å². The molecule has 0 amide bonds. The SMILES string of the molecule is BrCNc1ccc2c(c1)OCCO2. The lowest BCUT2D eigenvalue weighted by Gasteiger charge is -2.18. The Morgan fingerprint density at radius 2 is 2.00 bits per heavy atom. The van der Waals surface area contributed by atoms with Crippen molar-refractivity contribution < 1.29 is 9.47 Å². The summed E-state index contributed by atoms with van der Waals surface area (Å²) in [5, 5.41) is 3.14. The molecule has 1 aliphatic heterocycles. The molecule has 1 aromatic rings. The van der Waals surface area contributed by atoms with Crippen LogP contribution in [-0.2, 0) is 0 Å². The molecular weight excluding hydrogens is 234 g/mol. The standard InChI is InChI=1S/C9H10BrNO2/c10-6-11-7-1-2-8-9(5-7)13-4-3-12-8/h1-2,5,11H,3-4,6H2. The van der Waals surface area contributed by atoms with Crippen molar-refractivity contribution in [2.75, 3.05) is 24.0 Å². The Bertz CT molecular complexity index is 304. The van der Waals surface area contributed by atoms with Crippen LogP contribution in [0.25, 0.3) is 0 Å². The molecule has 70 valence electrons. The minimum absolute atomic E-state index is 0.630. The Labute approximate surface area is 85.2 Å². The van der Waals surface area contributed by atoms with Gasteiger partial charge in [0.05, 0.1) is 5.45 Å². The third-order valence-corrected chi connectivity index (χ3v) is 2.09. The molecule has 13 heavy (non-hydrogen) atoms. The maximum atomic E-state index is 5.43. The molecule has 0 atom stereocenters. The average molecular weight is 244 g/mol. The Balaban J connectivity index is 2.24. The first-order valence-electron chi connectivity index (χ1n) is 4.09. The third kappa shape index (κ3) is 1.88. The van der Waals surface area contributed by atoms with E-state index in [0.717, 1.165) is 22.6 Å². The van der Waals surface area contributed by atoms with E-state index in [4.69, 9.17) is 9.47 Å². The van der Waals surface area contributed by atoms with Crippen molar-refractivity contribution in [1.29, 1.82) is 0 Å². The van der Waals surface area contributed by atoms with Crippen LogP contribution < -0.4 is 14.8 Å². The van der Waals surface area contributed by atoms with Crippen molar-refractivity contribution in [3.8, 4) is 11.5 Å². The number of fused-ring (bicyclic) bond motifs is 1. The van der Waals surface area contributed by atoms with Crippen molar-refractivity contribution in [3.63, 3.8) is 0 Å². The van der Waals surface area contributed by atoms with E-state index in [2.05, 4.69) is 21.2 Å². The summed E-state index contributed by atoms with van der Waals surface area (Å²) in [6.45, 7) is 1.27. The number of benzene rings is 1. The lowest BCUT2D eigenvalue weighted by atomic mass is 10.2. The molecule has 1 aromatic carbocycles. The van der Waals surface area contributed by atoms with E-state index >= 15 is 0 Å². The number of nitrogens with one attached hydrogen (secondary N) is 1. The number of anilines is 1. The van der Waals surface area contributed by atoms with Gasteiger partial charge in [-0.05, 0) is 12.1 Å². The van der Waals surface area contributed by atoms with Crippen LogP contribution in [0, 0.1) is 0 Å². The molecule has 0 aromatic heterocycles. The van der Waals surface area contributed by atoms with Crippen LogP contribution in [0.15, 0.2) is 18.2 Å². The lowest BCUT2D eigenvalue weighted by molar-refractivity contribution is 0.171. The van der Waals surface area contributed by atoms with E-state index in [-0.39, 0.29) is 0 Å². The average Bonchev–Trinajstić information content (AvgIpc) is 2.18. The molecule has 3 nitrogen and oxygen atoms in total. The zero-order valence-electron chi connectivity index (χ0n) is 7.05. The van der Waals surface area contributed by atoms with E-state index in [1.54, 1.807) is 0 Å². The Morgan fingerprint density at radius 1 is 1.23 bits per heavy atom. The van der Waals surface area contributed by atoms with E-state index in [0.29, 0.717) is 13.2 Å². The summed E-state index contributed by atoms with van der Waals surface area (Å²) in [5.41, 5.74) is 1.76. The lowest BCUT2D eigenvalue weighted by Crippen LogP contribution is -2.15. The molecule has 0 radical (unpaired) electrons. The summed E-state index contributed by atoms with van der Waals surface area (Å²) >= 11 is 3.30. The molecule has 0 spiro atoms. The van der Waals surface area contributed by atoms with Crippen molar-refractivity contribution in [2.24, 2.45) is 0 Å². The highest BCUT2D eigenvalue weighted by molar-refractivity contribution is 9.09. The predicted molar refractivity (Wildman–Crippen MR) is 54.8 cm³/mol. The van der Waals surface area contributed by atoms with Gasteiger partial charge in [0, 0.05) is 11.8 Å². The zero-order valence-corrected chi connectivity index (χ0v) is 8.63. The highest BCUT2D eigenvalue weighted by Gasteiger charge is 2.10. The Hall–Kier alpha value is -0.900. The van der Waals surface area contributed by atoms with Crippen molar-refractivity contribution in [2.45, 2.75) is 0 Å². The van der Waals surface area contributed by atoms with Gasteiger partial charge in [-0.3, -0.25) is 0 Å². The highest BCUT2D eigenvalue weighted by Crippen LogP contribution is 2.32. The Morgan fingerprint density at radius 3 is 2.77 bits per heavy atom. The van der Waals surface area contributed by atoms with Gasteiger partial charge in [-0.2, -0.15) is 0 Å². The van der Waals surface area contributed by atoms with E-state index in [1.807, 2.05) is 18.2 Å². The maximum Gasteiger partial charge on any atom is 0.163 e. The zero-order chi connectivity index (χ0) is 9.10. The van der Waals surface area contributed by atoms with Gasteiger partial charge < -0.3 is 14.8 Å². The van der Waals surface area contributed by atoms with Gasteiger partial charge in [-0.25, -0.2) is 0 Å². The molecule has 1 aliphatic rings. The first kappa shape index (κ1) is 8.69. The highest BCUT2D eigenvalue weighted by atomic mass is 79.9. The number of ether oxygens (including phenoxy) is 2. The molecule has 4 heteroatoms. The molecule has 0 bridgehead atoms. The van der Waals surface area contributed by atoms with Crippen LogP contribution in [0.5, 0.6) is 11.5 Å². The fraction of sp³-hybridized carbons (Fsp3) is 0.333. The van der Waals surface area contributed by atoms with Gasteiger partial charge in [-0.1, -0.05) is 15.9 Å². The molecule has 1 N–H and O–H groups in total. The summed E-state index contributed by atoms with van der Waals surface area (Å²) < 4.78 is 10.8. The quantitative estimate of drug-likeness (QED) is 0.639. The smallest absolute Gasteiger partial charge is 0.163 e. The van der Waals surface area contributed by atoms with Gasteiger partial charge in [0.1, 0.15) is 13.2 Å². The second kappa shape index (κ2) is 3.87. The number of halogens is 1. The maximum absolute atomic E-state index is 5.43. The van der Waals surface area contributed by atoms with Gasteiger partial charge in [0.25, 0.3) is 0 Å². The van der Waals surface area contributed by atoms with Gasteiger partial charge in [0.15, 0.2) is 11.5 Å².